The van der Waals surface area contributed by atoms with Crippen LogP contribution in [0.2, 0.25) is 0 Å². The molecule has 0 amide bonds. The Balaban J connectivity index is 4.61. The maximum absolute atomic E-state index is 12.0. The second-order valence-electron chi connectivity index (χ2n) is 6.14. The normalized spacial score (nSPS) is 11.9. The predicted octanol–water partition coefficient (Wildman–Crippen LogP) is 3.89. The van der Waals surface area contributed by atoms with Crippen molar-refractivity contribution in [1.29, 1.82) is 0 Å². The number of hydrogen-bond donors (Lipinski definition) is 0. The molecule has 0 aromatic rings. The second-order valence-corrected chi connectivity index (χ2v) is 6.14. The van der Waals surface area contributed by atoms with Gasteiger partial charge in [0.25, 0.3) is 0 Å². The van der Waals surface area contributed by atoms with Gasteiger partial charge in [0.2, 0.25) is 0 Å². The minimum Gasteiger partial charge on any atom is -0.462 e. The van der Waals surface area contributed by atoms with Crippen LogP contribution in [0.1, 0.15) is 60.3 Å². The minimum absolute atomic E-state index is 0.277. The highest BCUT2D eigenvalue weighted by Gasteiger charge is 2.14. The number of hydrogen-bond acceptors (Lipinski definition) is 4. The fourth-order valence-corrected chi connectivity index (χ4v) is 1.57. The van der Waals surface area contributed by atoms with Gasteiger partial charge in [0.15, 0.2) is 0 Å². The first kappa shape index (κ1) is 19.7. The summed E-state index contributed by atoms with van der Waals surface area (Å²) in [4.78, 5) is 23.7. The van der Waals surface area contributed by atoms with Crippen LogP contribution in [-0.2, 0) is 19.1 Å². The van der Waals surface area contributed by atoms with Gasteiger partial charge in [-0.25, -0.2) is 9.59 Å². The molecule has 0 N–H and O–H groups in total. The molecule has 0 unspecified atom stereocenters. The highest BCUT2D eigenvalue weighted by molar-refractivity contribution is 5.96. The van der Waals surface area contributed by atoms with Crippen LogP contribution >= 0.6 is 0 Å². The van der Waals surface area contributed by atoms with Crippen LogP contribution in [0.15, 0.2) is 11.6 Å². The van der Waals surface area contributed by atoms with Gasteiger partial charge in [0.05, 0.1) is 13.2 Å². The Labute approximate surface area is 128 Å². The zero-order valence-electron chi connectivity index (χ0n) is 14.1. The Bertz CT molecular complexity index is 343. The quantitative estimate of drug-likeness (QED) is 0.349. The summed E-state index contributed by atoms with van der Waals surface area (Å²) in [5, 5.41) is 0. The van der Waals surface area contributed by atoms with Crippen LogP contribution < -0.4 is 0 Å². The zero-order valence-corrected chi connectivity index (χ0v) is 14.1. The van der Waals surface area contributed by atoms with Crippen LogP contribution in [0.4, 0.5) is 0 Å². The van der Waals surface area contributed by atoms with E-state index in [1.807, 2.05) is 27.7 Å². The summed E-state index contributed by atoms with van der Waals surface area (Å²) in [6, 6.07) is 0. The molecule has 0 aliphatic carbocycles. The van der Waals surface area contributed by atoms with Crippen molar-refractivity contribution in [2.24, 2.45) is 11.8 Å². The van der Waals surface area contributed by atoms with E-state index in [9.17, 15) is 9.59 Å². The molecule has 0 spiro atoms. The minimum atomic E-state index is -0.461. The average molecular weight is 298 g/mol. The smallest absolute Gasteiger partial charge is 0.334 e. The molecule has 0 radical (unpaired) electrons. The second kappa shape index (κ2) is 11.4. The lowest BCUT2D eigenvalue weighted by Crippen LogP contribution is -2.15. The third-order valence-corrected chi connectivity index (χ3v) is 2.71. The summed E-state index contributed by atoms with van der Waals surface area (Å²) in [5.74, 6) is -0.310. The fourth-order valence-electron chi connectivity index (χ4n) is 1.57. The molecule has 0 heterocycles. The van der Waals surface area contributed by atoms with Crippen LogP contribution in [0.3, 0.4) is 0 Å². The van der Waals surface area contributed by atoms with Crippen molar-refractivity contribution in [2.75, 3.05) is 13.2 Å². The highest BCUT2D eigenvalue weighted by atomic mass is 16.5. The van der Waals surface area contributed by atoms with Gasteiger partial charge in [-0.2, -0.15) is 0 Å². The van der Waals surface area contributed by atoms with Crippen LogP contribution in [0.25, 0.3) is 0 Å². The number of ether oxygens (including phenoxy) is 2. The SMILES string of the molecule is CCCCC/C(=C/C(=O)OCC(C)C)C(=O)OCC(C)C. The molecule has 0 aliphatic rings. The van der Waals surface area contributed by atoms with Gasteiger partial charge in [-0.3, -0.25) is 0 Å². The summed E-state index contributed by atoms with van der Waals surface area (Å²) in [6.07, 6.45) is 4.81. The van der Waals surface area contributed by atoms with E-state index in [-0.39, 0.29) is 11.8 Å². The first-order chi connectivity index (χ1) is 9.86. The lowest BCUT2D eigenvalue weighted by Gasteiger charge is -2.10. The summed E-state index contributed by atoms with van der Waals surface area (Å²) >= 11 is 0. The van der Waals surface area contributed by atoms with E-state index in [0.29, 0.717) is 25.2 Å². The van der Waals surface area contributed by atoms with Gasteiger partial charge < -0.3 is 9.47 Å². The number of unbranched alkanes of at least 4 members (excludes halogenated alkanes) is 2. The molecule has 4 heteroatoms. The average Bonchev–Trinajstić information content (AvgIpc) is 2.41. The summed E-state index contributed by atoms with van der Waals surface area (Å²) in [5.41, 5.74) is 0.415. The largest absolute Gasteiger partial charge is 0.462 e. The van der Waals surface area contributed by atoms with Crippen molar-refractivity contribution < 1.29 is 19.1 Å². The van der Waals surface area contributed by atoms with E-state index in [4.69, 9.17) is 9.47 Å². The zero-order chi connectivity index (χ0) is 16.3. The Morgan fingerprint density at radius 1 is 0.952 bits per heavy atom. The fraction of sp³-hybridized carbons (Fsp3) is 0.765. The standard InChI is InChI=1S/C17H30O4/c1-6-7-8-9-15(17(19)21-12-14(4)5)10-16(18)20-11-13(2)3/h10,13-14H,6-9,11-12H2,1-5H3/b15-10-. The maximum atomic E-state index is 12.0. The van der Waals surface area contributed by atoms with Crippen LogP contribution in [0, 0.1) is 11.8 Å². The Morgan fingerprint density at radius 3 is 2.05 bits per heavy atom. The monoisotopic (exact) mass is 298 g/mol. The van der Waals surface area contributed by atoms with Gasteiger partial charge in [-0.1, -0.05) is 47.5 Å². The van der Waals surface area contributed by atoms with E-state index < -0.39 is 11.9 Å². The highest BCUT2D eigenvalue weighted by Crippen LogP contribution is 2.12. The van der Waals surface area contributed by atoms with E-state index >= 15 is 0 Å². The van der Waals surface area contributed by atoms with E-state index in [0.717, 1.165) is 19.3 Å². The molecule has 0 aliphatic heterocycles. The first-order valence-corrected chi connectivity index (χ1v) is 7.91. The van der Waals surface area contributed by atoms with Crippen molar-refractivity contribution in [2.45, 2.75) is 60.3 Å². The number of rotatable bonds is 10. The molecular weight excluding hydrogens is 268 g/mol. The maximum Gasteiger partial charge on any atom is 0.334 e. The summed E-state index contributed by atoms with van der Waals surface area (Å²) < 4.78 is 10.3. The van der Waals surface area contributed by atoms with Crippen molar-refractivity contribution in [3.63, 3.8) is 0 Å². The van der Waals surface area contributed by atoms with E-state index in [1.54, 1.807) is 0 Å². The summed E-state index contributed by atoms with van der Waals surface area (Å²) in [6.45, 7) is 10.7. The molecule has 0 aromatic heterocycles. The number of carbonyl (C=O) groups excluding carboxylic acids is 2. The van der Waals surface area contributed by atoms with Gasteiger partial charge in [-0.15, -0.1) is 0 Å². The summed E-state index contributed by atoms with van der Waals surface area (Å²) in [7, 11) is 0. The molecule has 0 atom stereocenters. The van der Waals surface area contributed by atoms with Gasteiger partial charge in [-0.05, 0) is 24.7 Å². The molecular formula is C17H30O4. The van der Waals surface area contributed by atoms with Gasteiger partial charge in [0, 0.05) is 11.6 Å². The third kappa shape index (κ3) is 11.1. The van der Waals surface area contributed by atoms with Crippen molar-refractivity contribution in [3.05, 3.63) is 11.6 Å². The lowest BCUT2D eigenvalue weighted by molar-refractivity contribution is -0.142. The van der Waals surface area contributed by atoms with Crippen LogP contribution in [-0.4, -0.2) is 25.2 Å². The molecule has 0 fully saturated rings. The van der Waals surface area contributed by atoms with Gasteiger partial charge in [0.1, 0.15) is 0 Å². The lowest BCUT2D eigenvalue weighted by atomic mass is 10.1. The van der Waals surface area contributed by atoms with E-state index in [2.05, 4.69) is 6.92 Å². The third-order valence-electron chi connectivity index (χ3n) is 2.71. The number of esters is 2. The van der Waals surface area contributed by atoms with Crippen molar-refractivity contribution in [1.82, 2.24) is 0 Å². The molecule has 0 bridgehead atoms. The van der Waals surface area contributed by atoms with Crippen molar-refractivity contribution >= 4 is 11.9 Å². The Morgan fingerprint density at radius 2 is 1.52 bits per heavy atom. The Kier molecular flexibility index (Phi) is 10.6. The molecule has 0 rings (SSSR count). The number of carbonyl (C=O) groups is 2. The van der Waals surface area contributed by atoms with Gasteiger partial charge >= 0.3 is 11.9 Å². The molecule has 21 heavy (non-hydrogen) atoms. The molecule has 122 valence electrons. The topological polar surface area (TPSA) is 52.6 Å². The molecule has 4 nitrogen and oxygen atoms in total. The molecule has 0 saturated carbocycles. The van der Waals surface area contributed by atoms with Crippen LogP contribution in [0.5, 0.6) is 0 Å². The van der Waals surface area contributed by atoms with Crippen molar-refractivity contribution in [3.8, 4) is 0 Å². The van der Waals surface area contributed by atoms with E-state index in [1.165, 1.54) is 6.08 Å². The molecule has 0 aromatic carbocycles. The molecule has 0 saturated heterocycles. The first-order valence-electron chi connectivity index (χ1n) is 7.91. The predicted molar refractivity (Wildman–Crippen MR) is 83.8 cm³/mol. The Hall–Kier alpha value is -1.32.